The third-order valence-electron chi connectivity index (χ3n) is 0.347. The molecule has 0 fully saturated rings. The van der Waals surface area contributed by atoms with Crippen LogP contribution in [0.25, 0.3) is 0 Å². The van der Waals surface area contributed by atoms with Crippen molar-refractivity contribution in [3.05, 3.63) is 0 Å². The molecule has 63 heavy (non-hydrogen) atoms. The van der Waals surface area contributed by atoms with E-state index in [-0.39, 0.29) is 108 Å². The van der Waals surface area contributed by atoms with Gasteiger partial charge in [-0.25, -0.2) is 0 Å². The van der Waals surface area contributed by atoms with E-state index in [1.165, 1.54) is 0 Å². The molecule has 0 atom stereocenters. The fourth-order valence-corrected chi connectivity index (χ4v) is 0.293. The normalized spacial score (nSPS) is 6.38. The van der Waals surface area contributed by atoms with Gasteiger partial charge in [-0.3, -0.25) is 0 Å². The summed E-state index contributed by atoms with van der Waals surface area (Å²) in [7, 11) is 0. The quantitative estimate of drug-likeness (QED) is 0.273. The van der Waals surface area contributed by atoms with Crippen molar-refractivity contribution in [3.8, 4) is 0 Å². The Morgan fingerprint density at radius 2 is 0.222 bits per heavy atom. The number of hydrogen-bond donors (Lipinski definition) is 1. The van der Waals surface area contributed by atoms with Crippen LogP contribution in [-0.2, 0) is 0 Å². The summed E-state index contributed by atoms with van der Waals surface area (Å²) < 4.78 is 0. The summed E-state index contributed by atoms with van der Waals surface area (Å²) >= 11 is 191. The summed E-state index contributed by atoms with van der Waals surface area (Å²) in [5, 5.41) is 11.8. The lowest BCUT2D eigenvalue weighted by Crippen LogP contribution is -1.89. The number of alkyl halides is 40. The second-order valence-electron chi connectivity index (χ2n) is 2.82. The standard InChI is InChI=1S/C3H6Cl2O.19CH2Cl2/c4-3(5)1-2-6;19*2-1-3/h3,6H,1-2H2;19*1H2. The van der Waals surface area contributed by atoms with Crippen molar-refractivity contribution < 1.29 is 5.11 Å². The van der Waals surface area contributed by atoms with Gasteiger partial charge in [0.05, 0.1) is 101 Å². The lowest BCUT2D eigenvalue weighted by Gasteiger charge is -1.90. The average Bonchev–Trinajstić information content (AvgIpc) is 3.15. The zero-order chi connectivity index (χ0) is 56.4. The Morgan fingerprint density at radius 1 is 0.175 bits per heavy atom. The molecule has 0 unspecified atom stereocenters. The van der Waals surface area contributed by atoms with Crippen molar-refractivity contribution in [2.24, 2.45) is 0 Å². The molecule has 0 aromatic rings. The molecule has 0 heterocycles. The van der Waals surface area contributed by atoms with E-state index >= 15 is 0 Å². The predicted octanol–water partition coefficient (Wildman–Crippen LogP) is 28.2. The molecule has 0 spiro atoms. The molecular formula is C22H44Cl40O. The molecule has 418 valence electrons. The highest BCUT2D eigenvalue weighted by Gasteiger charge is 1.92. The summed E-state index contributed by atoms with van der Waals surface area (Å²) in [4.78, 5) is -0.407. The first-order chi connectivity index (χ1) is 29.6. The van der Waals surface area contributed by atoms with Gasteiger partial charge in [0.15, 0.2) is 0 Å². The van der Waals surface area contributed by atoms with Crippen molar-refractivity contribution >= 4 is 464 Å². The molecule has 0 amide bonds. The first-order valence-corrected chi connectivity index (χ1v) is 33.0. The Balaban J connectivity index is -0.0000000172. The van der Waals surface area contributed by atoms with Gasteiger partial charge in [-0.1, -0.05) is 0 Å². The van der Waals surface area contributed by atoms with E-state index in [0.717, 1.165) is 0 Å². The molecule has 0 saturated carbocycles. The maximum atomic E-state index is 8.07. The summed E-state index contributed by atoms with van der Waals surface area (Å²) in [5.41, 5.74) is 0. The fraction of sp³-hybridized carbons (Fsp3) is 1.00. The second-order valence-corrected chi connectivity index (χ2v) is 19.5. The smallest absolute Gasteiger partial charge is 0.110 e. The van der Waals surface area contributed by atoms with E-state index in [9.17, 15) is 0 Å². The molecule has 0 aliphatic rings. The van der Waals surface area contributed by atoms with Crippen LogP contribution in [-0.4, -0.2) is 118 Å². The van der Waals surface area contributed by atoms with Gasteiger partial charge in [-0.2, -0.15) is 0 Å². The zero-order valence-electron chi connectivity index (χ0n) is 31.0. The van der Waals surface area contributed by atoms with Crippen LogP contribution in [0.1, 0.15) is 6.42 Å². The van der Waals surface area contributed by atoms with Gasteiger partial charge >= 0.3 is 0 Å². The van der Waals surface area contributed by atoms with Gasteiger partial charge in [-0.05, 0) is 0 Å². The van der Waals surface area contributed by atoms with Gasteiger partial charge in [0, 0.05) is 13.0 Å². The number of aliphatic hydroxyl groups is 1. The summed E-state index contributed by atoms with van der Waals surface area (Å²) in [6.45, 7) is 0.0671. The lowest BCUT2D eigenvalue weighted by molar-refractivity contribution is 0.293. The molecule has 0 aliphatic carbocycles. The van der Waals surface area contributed by atoms with E-state index in [4.69, 9.17) is 469 Å². The number of rotatable bonds is 2. The minimum atomic E-state index is -0.407. The first kappa shape index (κ1) is 136. The zero-order valence-corrected chi connectivity index (χ0v) is 61.2. The van der Waals surface area contributed by atoms with Crippen LogP contribution in [0.5, 0.6) is 0 Å². The van der Waals surface area contributed by atoms with Crippen molar-refractivity contribution in [3.63, 3.8) is 0 Å². The Morgan fingerprint density at radius 3 is 0.222 bits per heavy atom. The van der Waals surface area contributed by atoms with E-state index < -0.39 is 4.84 Å². The maximum Gasteiger partial charge on any atom is 0.110 e. The second kappa shape index (κ2) is 306. The molecule has 0 aromatic carbocycles. The topological polar surface area (TPSA) is 20.2 Å². The molecule has 0 bridgehead atoms. The van der Waals surface area contributed by atoms with Crippen LogP contribution in [0.15, 0.2) is 0 Å². The highest BCUT2D eigenvalue weighted by Crippen LogP contribution is 2.04. The van der Waals surface area contributed by atoms with Crippen molar-refractivity contribution in [2.45, 2.75) is 11.3 Å². The fourth-order valence-electron chi connectivity index (χ4n) is 0.0976. The molecule has 0 aliphatic heterocycles. The van der Waals surface area contributed by atoms with Gasteiger partial charge in [0.25, 0.3) is 0 Å². The number of aliphatic hydroxyl groups excluding tert-OH is 1. The molecule has 1 N–H and O–H groups in total. The summed E-state index contributed by atoms with van der Waals surface area (Å²) in [6.07, 6.45) is 0.461. The molecule has 1 nitrogen and oxygen atoms in total. The molecular weight excluding hydrogens is 1700 g/mol. The number of halogens is 40. The average molecular weight is 1740 g/mol. The van der Waals surface area contributed by atoms with Crippen molar-refractivity contribution in [2.75, 3.05) is 108 Å². The Bertz CT molecular complexity index is 203. The maximum absolute atomic E-state index is 8.07. The predicted molar refractivity (Wildman–Crippen MR) is 342 cm³/mol. The number of hydrogen-bond acceptors (Lipinski definition) is 1. The molecule has 0 aromatic heterocycles. The van der Waals surface area contributed by atoms with Crippen molar-refractivity contribution in [1.29, 1.82) is 0 Å². The van der Waals surface area contributed by atoms with Crippen LogP contribution in [0.2, 0.25) is 0 Å². The highest BCUT2D eigenvalue weighted by atomic mass is 35.6. The van der Waals surface area contributed by atoms with Crippen LogP contribution in [0.4, 0.5) is 0 Å². The lowest BCUT2D eigenvalue weighted by atomic mass is 10.5. The highest BCUT2D eigenvalue weighted by molar-refractivity contribution is 6.46. The molecule has 0 saturated heterocycles. The first-order valence-electron chi connectivity index (χ1n) is 11.8. The van der Waals surface area contributed by atoms with Crippen LogP contribution < -0.4 is 0 Å². The van der Waals surface area contributed by atoms with Crippen LogP contribution in [0.3, 0.4) is 0 Å². The minimum absolute atomic E-state index is 0.0671. The monoisotopic (exact) mass is 1720 g/mol. The Hall–Kier alpha value is 11.6. The third kappa shape index (κ3) is 1780. The van der Waals surface area contributed by atoms with Gasteiger partial charge < -0.3 is 5.11 Å². The SMILES string of the molecule is ClCCl.ClCCl.ClCCl.ClCCl.ClCCl.ClCCl.ClCCl.ClCCl.ClCCl.ClCCl.ClCCl.ClCCl.ClCCl.ClCCl.ClCCl.ClCCl.ClCCl.ClCCl.ClCCl.OCCC(Cl)Cl. The van der Waals surface area contributed by atoms with E-state index in [0.29, 0.717) is 6.42 Å². The van der Waals surface area contributed by atoms with E-state index in [1.807, 2.05) is 0 Å². The van der Waals surface area contributed by atoms with Gasteiger partial charge in [0.1, 0.15) is 4.84 Å². The minimum Gasteiger partial charge on any atom is -0.396 e. The van der Waals surface area contributed by atoms with E-state index in [1.54, 1.807) is 0 Å². The third-order valence-corrected chi connectivity index (χ3v) is 0.784. The van der Waals surface area contributed by atoms with E-state index in [2.05, 4.69) is 0 Å². The summed E-state index contributed by atoms with van der Waals surface area (Å²) in [5.74, 6) is 0. The van der Waals surface area contributed by atoms with Gasteiger partial charge in [0.2, 0.25) is 0 Å². The van der Waals surface area contributed by atoms with Crippen LogP contribution in [0, 0.1) is 0 Å². The molecule has 0 radical (unpaired) electrons. The Labute approximate surface area is 578 Å². The molecule has 41 heteroatoms. The Kier molecular flexibility index (Phi) is 659. The van der Waals surface area contributed by atoms with Gasteiger partial charge in [-0.15, -0.1) is 464 Å². The summed E-state index contributed by atoms with van der Waals surface area (Å²) in [6, 6.07) is 0. The largest absolute Gasteiger partial charge is 0.396 e. The van der Waals surface area contributed by atoms with Crippen molar-refractivity contribution in [1.82, 2.24) is 0 Å². The molecule has 0 rings (SSSR count). The van der Waals surface area contributed by atoms with Crippen LogP contribution >= 0.6 is 464 Å².